The SMILES string of the molecule is Cc1cccc(C)c1OCC(C)(C)NC(=O)CCl. The van der Waals surface area contributed by atoms with Crippen LogP contribution in [0.2, 0.25) is 0 Å². The van der Waals surface area contributed by atoms with Crippen LogP contribution in [0.3, 0.4) is 0 Å². The van der Waals surface area contributed by atoms with Gasteiger partial charge in [-0.1, -0.05) is 18.2 Å². The van der Waals surface area contributed by atoms with Gasteiger partial charge in [0.2, 0.25) is 5.91 Å². The first-order chi connectivity index (χ1) is 8.35. The Morgan fingerprint density at radius 2 is 1.89 bits per heavy atom. The predicted octanol–water partition coefficient (Wildman–Crippen LogP) is 2.82. The van der Waals surface area contributed by atoms with Gasteiger partial charge >= 0.3 is 0 Å². The number of carbonyl (C=O) groups excluding carboxylic acids is 1. The van der Waals surface area contributed by atoms with Crippen LogP contribution in [0.1, 0.15) is 25.0 Å². The molecule has 1 aromatic carbocycles. The number of amides is 1. The van der Waals surface area contributed by atoms with Crippen LogP contribution in [0.15, 0.2) is 18.2 Å². The second kappa shape index (κ2) is 6.10. The largest absolute Gasteiger partial charge is 0.491 e. The molecule has 0 aliphatic rings. The molecule has 18 heavy (non-hydrogen) atoms. The second-order valence-corrected chi connectivity index (χ2v) is 5.34. The Kier molecular flexibility index (Phi) is 5.03. The van der Waals surface area contributed by atoms with Gasteiger partial charge in [0.1, 0.15) is 18.2 Å². The number of hydrogen-bond acceptors (Lipinski definition) is 2. The van der Waals surface area contributed by atoms with Crippen molar-refractivity contribution in [1.29, 1.82) is 0 Å². The van der Waals surface area contributed by atoms with Crippen molar-refractivity contribution >= 4 is 17.5 Å². The fourth-order valence-electron chi connectivity index (χ4n) is 1.73. The molecule has 4 heteroatoms. The van der Waals surface area contributed by atoms with Gasteiger partial charge in [0, 0.05) is 0 Å². The van der Waals surface area contributed by atoms with Crippen molar-refractivity contribution in [3.8, 4) is 5.75 Å². The summed E-state index contributed by atoms with van der Waals surface area (Å²) in [5.74, 6) is 0.657. The third kappa shape index (κ3) is 4.22. The first-order valence-electron chi connectivity index (χ1n) is 5.92. The summed E-state index contributed by atoms with van der Waals surface area (Å²) in [5.41, 5.74) is 1.74. The van der Waals surface area contributed by atoms with Crippen LogP contribution in [-0.2, 0) is 4.79 Å². The number of rotatable bonds is 5. The Morgan fingerprint density at radius 1 is 1.33 bits per heavy atom. The van der Waals surface area contributed by atoms with Gasteiger partial charge in [-0.15, -0.1) is 11.6 Å². The standard InChI is InChI=1S/C14H20ClNO2/c1-10-6-5-7-11(2)13(10)18-9-14(3,4)16-12(17)8-15/h5-7H,8-9H2,1-4H3,(H,16,17). The van der Waals surface area contributed by atoms with E-state index in [1.165, 1.54) is 0 Å². The molecule has 0 saturated carbocycles. The number of halogens is 1. The molecule has 0 atom stereocenters. The lowest BCUT2D eigenvalue weighted by Gasteiger charge is -2.26. The third-order valence-electron chi connectivity index (χ3n) is 2.59. The monoisotopic (exact) mass is 269 g/mol. The molecule has 0 fully saturated rings. The Morgan fingerprint density at radius 3 is 2.39 bits per heavy atom. The van der Waals surface area contributed by atoms with Gasteiger partial charge in [-0.05, 0) is 38.8 Å². The molecule has 0 aromatic heterocycles. The highest BCUT2D eigenvalue weighted by Crippen LogP contribution is 2.23. The van der Waals surface area contributed by atoms with E-state index in [1.807, 2.05) is 45.9 Å². The van der Waals surface area contributed by atoms with Crippen LogP contribution < -0.4 is 10.1 Å². The van der Waals surface area contributed by atoms with E-state index in [0.29, 0.717) is 6.61 Å². The summed E-state index contributed by atoms with van der Waals surface area (Å²) in [6, 6.07) is 6.01. The quantitative estimate of drug-likeness (QED) is 0.835. The summed E-state index contributed by atoms with van der Waals surface area (Å²) in [6.45, 7) is 8.23. The Hall–Kier alpha value is -1.22. The van der Waals surface area contributed by atoms with Gasteiger partial charge in [-0.2, -0.15) is 0 Å². The molecule has 0 unspecified atom stereocenters. The first kappa shape index (κ1) is 14.8. The molecule has 3 nitrogen and oxygen atoms in total. The van der Waals surface area contributed by atoms with E-state index in [2.05, 4.69) is 5.32 Å². The van der Waals surface area contributed by atoms with Crippen LogP contribution >= 0.6 is 11.6 Å². The molecule has 0 heterocycles. The zero-order valence-corrected chi connectivity index (χ0v) is 12.1. The van der Waals surface area contributed by atoms with E-state index in [0.717, 1.165) is 16.9 Å². The summed E-state index contributed by atoms with van der Waals surface area (Å²) >= 11 is 5.47. The maximum absolute atomic E-state index is 11.3. The third-order valence-corrected chi connectivity index (χ3v) is 2.83. The Labute approximate surface area is 113 Å². The molecule has 0 saturated heterocycles. The molecule has 0 radical (unpaired) electrons. The molecule has 0 spiro atoms. The highest BCUT2D eigenvalue weighted by molar-refractivity contribution is 6.27. The number of benzene rings is 1. The van der Waals surface area contributed by atoms with E-state index in [4.69, 9.17) is 16.3 Å². The molecular weight excluding hydrogens is 250 g/mol. The topological polar surface area (TPSA) is 38.3 Å². The van der Waals surface area contributed by atoms with Gasteiger partial charge < -0.3 is 10.1 Å². The Balaban J connectivity index is 2.67. The minimum atomic E-state index is -0.444. The summed E-state index contributed by atoms with van der Waals surface area (Å²) in [4.78, 5) is 11.3. The van der Waals surface area contributed by atoms with Crippen LogP contribution in [0.4, 0.5) is 0 Å². The number of para-hydroxylation sites is 1. The van der Waals surface area contributed by atoms with Crippen LogP contribution in [0, 0.1) is 13.8 Å². The second-order valence-electron chi connectivity index (χ2n) is 5.08. The predicted molar refractivity (Wildman–Crippen MR) is 74.4 cm³/mol. The molecule has 0 aliphatic heterocycles. The van der Waals surface area contributed by atoms with E-state index < -0.39 is 5.54 Å². The molecule has 100 valence electrons. The van der Waals surface area contributed by atoms with E-state index in [1.54, 1.807) is 0 Å². The van der Waals surface area contributed by atoms with Gasteiger partial charge in [0.15, 0.2) is 0 Å². The maximum Gasteiger partial charge on any atom is 0.235 e. The minimum Gasteiger partial charge on any atom is -0.491 e. The molecule has 1 amide bonds. The van der Waals surface area contributed by atoms with Crippen molar-refractivity contribution in [2.75, 3.05) is 12.5 Å². The zero-order valence-electron chi connectivity index (χ0n) is 11.3. The molecule has 1 N–H and O–H groups in total. The van der Waals surface area contributed by atoms with Crippen molar-refractivity contribution in [2.24, 2.45) is 0 Å². The molecule has 1 aromatic rings. The number of nitrogens with one attached hydrogen (secondary N) is 1. The van der Waals surface area contributed by atoms with Crippen molar-refractivity contribution in [2.45, 2.75) is 33.2 Å². The highest BCUT2D eigenvalue weighted by Gasteiger charge is 2.21. The first-order valence-corrected chi connectivity index (χ1v) is 6.45. The van der Waals surface area contributed by atoms with Gasteiger partial charge in [0.25, 0.3) is 0 Å². The zero-order chi connectivity index (χ0) is 13.8. The summed E-state index contributed by atoms with van der Waals surface area (Å²) < 4.78 is 5.82. The molecule has 0 aliphatic carbocycles. The molecular formula is C14H20ClNO2. The number of carbonyl (C=O) groups is 1. The fraction of sp³-hybridized carbons (Fsp3) is 0.500. The number of aryl methyl sites for hydroxylation is 2. The van der Waals surface area contributed by atoms with Crippen LogP contribution in [0.25, 0.3) is 0 Å². The Bertz CT molecular complexity index is 410. The fourth-order valence-corrected chi connectivity index (χ4v) is 1.79. The van der Waals surface area contributed by atoms with E-state index in [-0.39, 0.29) is 11.8 Å². The van der Waals surface area contributed by atoms with Crippen LogP contribution in [-0.4, -0.2) is 23.9 Å². The van der Waals surface area contributed by atoms with Crippen molar-refractivity contribution < 1.29 is 9.53 Å². The lowest BCUT2D eigenvalue weighted by atomic mass is 10.1. The summed E-state index contributed by atoms with van der Waals surface area (Å²) in [5, 5.41) is 2.82. The summed E-state index contributed by atoms with van der Waals surface area (Å²) in [6.07, 6.45) is 0. The minimum absolute atomic E-state index is 0.0349. The smallest absolute Gasteiger partial charge is 0.235 e. The highest BCUT2D eigenvalue weighted by atomic mass is 35.5. The lowest BCUT2D eigenvalue weighted by Crippen LogP contribution is -2.48. The van der Waals surface area contributed by atoms with Gasteiger partial charge in [-0.25, -0.2) is 0 Å². The van der Waals surface area contributed by atoms with Crippen molar-refractivity contribution in [1.82, 2.24) is 5.32 Å². The van der Waals surface area contributed by atoms with Crippen molar-refractivity contribution in [3.63, 3.8) is 0 Å². The van der Waals surface area contributed by atoms with Crippen molar-refractivity contribution in [3.05, 3.63) is 29.3 Å². The number of alkyl halides is 1. The number of hydrogen-bond donors (Lipinski definition) is 1. The van der Waals surface area contributed by atoms with Gasteiger partial charge in [0.05, 0.1) is 5.54 Å². The molecule has 1 rings (SSSR count). The average Bonchev–Trinajstić information content (AvgIpc) is 2.27. The normalized spacial score (nSPS) is 11.2. The van der Waals surface area contributed by atoms with Gasteiger partial charge in [-0.3, -0.25) is 4.79 Å². The van der Waals surface area contributed by atoms with E-state index >= 15 is 0 Å². The maximum atomic E-state index is 11.3. The number of ether oxygens (including phenoxy) is 1. The average molecular weight is 270 g/mol. The molecule has 0 bridgehead atoms. The summed E-state index contributed by atoms with van der Waals surface area (Å²) in [7, 11) is 0. The lowest BCUT2D eigenvalue weighted by molar-refractivity contribution is -0.120. The van der Waals surface area contributed by atoms with E-state index in [9.17, 15) is 4.79 Å². The van der Waals surface area contributed by atoms with Crippen LogP contribution in [0.5, 0.6) is 5.75 Å².